The fourth-order valence-corrected chi connectivity index (χ4v) is 3.11. The van der Waals surface area contributed by atoms with Gasteiger partial charge in [0.25, 0.3) is 0 Å². The largest absolute Gasteiger partial charge is 0.384 e. The molecule has 1 aliphatic heterocycles. The average molecular weight is 242 g/mol. The maximum Gasteiger partial charge on any atom is 0.0373 e. The molecule has 2 fully saturated rings. The van der Waals surface area contributed by atoms with E-state index in [9.17, 15) is 0 Å². The van der Waals surface area contributed by atoms with Gasteiger partial charge < -0.3 is 5.32 Å². The van der Waals surface area contributed by atoms with E-state index in [2.05, 4.69) is 28.4 Å². The first kappa shape index (κ1) is 10.9. The lowest BCUT2D eigenvalue weighted by molar-refractivity contribution is 0.244. The molecule has 0 aromatic heterocycles. The Labute approximate surface area is 109 Å². The Bertz CT molecular complexity index is 446. The molecule has 96 valence electrons. The van der Waals surface area contributed by atoms with Crippen LogP contribution in [0, 0.1) is 5.92 Å². The molecule has 0 amide bonds. The fourth-order valence-electron chi connectivity index (χ4n) is 3.11. The summed E-state index contributed by atoms with van der Waals surface area (Å²) in [4.78, 5) is 2.74. The molecule has 0 saturated heterocycles. The molecular weight excluding hydrogens is 220 g/mol. The Morgan fingerprint density at radius 3 is 2.83 bits per heavy atom. The van der Waals surface area contributed by atoms with Crippen molar-refractivity contribution < 1.29 is 0 Å². The van der Waals surface area contributed by atoms with Crippen molar-refractivity contribution >= 4 is 5.69 Å². The van der Waals surface area contributed by atoms with E-state index in [1.54, 1.807) is 0 Å². The van der Waals surface area contributed by atoms with Crippen LogP contribution >= 0.6 is 0 Å². The zero-order valence-corrected chi connectivity index (χ0v) is 11.0. The van der Waals surface area contributed by atoms with Crippen LogP contribution in [0.25, 0.3) is 0 Å². The number of hydrogen-bond acceptors (Lipinski definition) is 2. The Balaban J connectivity index is 1.48. The van der Waals surface area contributed by atoms with Gasteiger partial charge in [-0.15, -0.1) is 0 Å². The van der Waals surface area contributed by atoms with Crippen molar-refractivity contribution in [3.05, 3.63) is 29.3 Å². The molecule has 1 aromatic carbocycles. The lowest BCUT2D eigenvalue weighted by atomic mass is 10.1. The second-order valence-corrected chi connectivity index (χ2v) is 6.27. The summed E-state index contributed by atoms with van der Waals surface area (Å²) < 4.78 is 0. The Morgan fingerprint density at radius 2 is 2.06 bits per heavy atom. The van der Waals surface area contributed by atoms with Crippen molar-refractivity contribution in [2.24, 2.45) is 5.92 Å². The van der Waals surface area contributed by atoms with E-state index in [1.807, 2.05) is 0 Å². The number of rotatable bonds is 5. The number of benzene rings is 1. The topological polar surface area (TPSA) is 15.3 Å². The summed E-state index contributed by atoms with van der Waals surface area (Å²) in [6.07, 6.45) is 7.00. The van der Waals surface area contributed by atoms with Crippen LogP contribution in [0.15, 0.2) is 18.2 Å². The van der Waals surface area contributed by atoms with Crippen molar-refractivity contribution in [3.8, 4) is 0 Å². The quantitative estimate of drug-likeness (QED) is 0.854. The summed E-state index contributed by atoms with van der Waals surface area (Å²) >= 11 is 0. The summed E-state index contributed by atoms with van der Waals surface area (Å²) in [6.45, 7) is 3.64. The third kappa shape index (κ3) is 2.26. The minimum atomic E-state index is 0.900. The highest BCUT2D eigenvalue weighted by molar-refractivity contribution is 5.56. The van der Waals surface area contributed by atoms with E-state index in [1.165, 1.54) is 62.0 Å². The minimum Gasteiger partial charge on any atom is -0.384 e. The predicted molar refractivity (Wildman–Crippen MR) is 74.8 cm³/mol. The van der Waals surface area contributed by atoms with E-state index in [4.69, 9.17) is 0 Å². The first-order valence-electron chi connectivity index (χ1n) is 7.48. The summed E-state index contributed by atoms with van der Waals surface area (Å²) in [5.41, 5.74) is 4.40. The average Bonchev–Trinajstić information content (AvgIpc) is 3.27. The second-order valence-electron chi connectivity index (χ2n) is 6.27. The summed E-state index contributed by atoms with van der Waals surface area (Å²) in [5, 5.41) is 3.44. The van der Waals surface area contributed by atoms with Crippen molar-refractivity contribution in [2.75, 3.05) is 18.4 Å². The fraction of sp³-hybridized carbons (Fsp3) is 0.625. The second kappa shape index (κ2) is 4.27. The first-order valence-corrected chi connectivity index (χ1v) is 7.48. The molecule has 0 spiro atoms. The van der Waals surface area contributed by atoms with Gasteiger partial charge in [-0.1, -0.05) is 12.1 Å². The summed E-state index contributed by atoms with van der Waals surface area (Å²) in [5.74, 6) is 1.02. The maximum atomic E-state index is 3.44. The Morgan fingerprint density at radius 1 is 1.17 bits per heavy atom. The zero-order chi connectivity index (χ0) is 11.9. The van der Waals surface area contributed by atoms with Crippen LogP contribution in [0.1, 0.15) is 36.8 Å². The van der Waals surface area contributed by atoms with Crippen molar-refractivity contribution in [1.82, 2.24) is 4.90 Å². The Hall–Kier alpha value is -1.02. The van der Waals surface area contributed by atoms with Crippen LogP contribution in [0.5, 0.6) is 0 Å². The molecule has 2 heteroatoms. The van der Waals surface area contributed by atoms with Gasteiger partial charge in [0, 0.05) is 31.4 Å². The molecule has 2 saturated carbocycles. The molecular formula is C16H22N2. The molecule has 3 aliphatic rings. The van der Waals surface area contributed by atoms with Gasteiger partial charge in [0.1, 0.15) is 0 Å². The van der Waals surface area contributed by atoms with E-state index >= 15 is 0 Å². The van der Waals surface area contributed by atoms with E-state index in [0.29, 0.717) is 0 Å². The molecule has 0 atom stereocenters. The third-order valence-electron chi connectivity index (χ3n) is 4.52. The lowest BCUT2D eigenvalue weighted by Gasteiger charge is -2.22. The molecule has 2 aliphatic carbocycles. The summed E-state index contributed by atoms with van der Waals surface area (Å²) in [7, 11) is 0. The highest BCUT2D eigenvalue weighted by Gasteiger charge is 2.33. The van der Waals surface area contributed by atoms with Crippen LogP contribution in [-0.2, 0) is 13.0 Å². The van der Waals surface area contributed by atoms with Crippen LogP contribution < -0.4 is 5.32 Å². The number of hydrogen-bond donors (Lipinski definition) is 1. The van der Waals surface area contributed by atoms with Crippen LogP contribution in [0.4, 0.5) is 5.69 Å². The van der Waals surface area contributed by atoms with Gasteiger partial charge in [0.05, 0.1) is 0 Å². The highest BCUT2D eigenvalue weighted by Crippen LogP contribution is 2.36. The third-order valence-corrected chi connectivity index (χ3v) is 4.52. The van der Waals surface area contributed by atoms with Crippen LogP contribution in [-0.4, -0.2) is 24.0 Å². The first-order chi connectivity index (χ1) is 8.88. The van der Waals surface area contributed by atoms with E-state index < -0.39 is 0 Å². The van der Waals surface area contributed by atoms with E-state index in [-0.39, 0.29) is 0 Å². The van der Waals surface area contributed by atoms with Gasteiger partial charge in [-0.2, -0.15) is 0 Å². The molecule has 1 aromatic rings. The van der Waals surface area contributed by atoms with Crippen LogP contribution in [0.2, 0.25) is 0 Å². The molecule has 1 N–H and O–H groups in total. The zero-order valence-electron chi connectivity index (χ0n) is 11.0. The SMILES string of the molecule is c1cc2c(cc1CN(CC1CC1)C1CC1)CCN2. The Kier molecular flexibility index (Phi) is 2.58. The molecule has 0 unspecified atom stereocenters. The molecule has 0 bridgehead atoms. The van der Waals surface area contributed by atoms with Gasteiger partial charge in [-0.25, -0.2) is 0 Å². The number of nitrogens with zero attached hydrogens (tertiary/aromatic N) is 1. The summed E-state index contributed by atoms with van der Waals surface area (Å²) in [6, 6.07) is 7.92. The van der Waals surface area contributed by atoms with Crippen LogP contribution in [0.3, 0.4) is 0 Å². The monoisotopic (exact) mass is 242 g/mol. The van der Waals surface area contributed by atoms with Gasteiger partial charge in [-0.05, 0) is 55.2 Å². The van der Waals surface area contributed by atoms with Gasteiger partial charge in [0.2, 0.25) is 0 Å². The van der Waals surface area contributed by atoms with Gasteiger partial charge in [-0.3, -0.25) is 4.90 Å². The van der Waals surface area contributed by atoms with Crippen molar-refractivity contribution in [3.63, 3.8) is 0 Å². The normalized spacial score (nSPS) is 22.1. The molecule has 0 radical (unpaired) electrons. The highest BCUT2D eigenvalue weighted by atomic mass is 15.2. The smallest absolute Gasteiger partial charge is 0.0373 e. The number of nitrogens with one attached hydrogen (secondary N) is 1. The molecule has 18 heavy (non-hydrogen) atoms. The van der Waals surface area contributed by atoms with E-state index in [0.717, 1.165) is 18.5 Å². The molecule has 1 heterocycles. The molecule has 4 rings (SSSR count). The molecule has 2 nitrogen and oxygen atoms in total. The van der Waals surface area contributed by atoms with Gasteiger partial charge >= 0.3 is 0 Å². The van der Waals surface area contributed by atoms with Gasteiger partial charge in [0.15, 0.2) is 0 Å². The standard InChI is InChI=1S/C16H22N2/c1-2-12(1)10-18(15-4-5-15)11-13-3-6-16-14(9-13)7-8-17-16/h3,6,9,12,15,17H,1-2,4-5,7-8,10-11H2. The van der Waals surface area contributed by atoms with Crippen molar-refractivity contribution in [1.29, 1.82) is 0 Å². The number of fused-ring (bicyclic) bond motifs is 1. The maximum absolute atomic E-state index is 3.44. The minimum absolute atomic E-state index is 0.900. The van der Waals surface area contributed by atoms with Crippen molar-refractivity contribution in [2.45, 2.75) is 44.7 Å². The number of anilines is 1. The predicted octanol–water partition coefficient (Wildman–Crippen LogP) is 3.03. The lowest BCUT2D eigenvalue weighted by Crippen LogP contribution is -2.27.